The van der Waals surface area contributed by atoms with E-state index in [0.717, 1.165) is 47.8 Å². The second-order valence-electron chi connectivity index (χ2n) is 6.27. The number of aliphatic hydroxyl groups is 1. The number of nitrogens with zero attached hydrogens (tertiary/aromatic N) is 3. The number of β-amino-alcohol motifs (C(OH)–C–C–N with tert-alkyl or cyclic N) is 1. The van der Waals surface area contributed by atoms with Gasteiger partial charge in [0.25, 0.3) is 0 Å². The number of thiazole rings is 1. The lowest BCUT2D eigenvalue weighted by molar-refractivity contribution is 0.0345. The van der Waals surface area contributed by atoms with E-state index in [0.29, 0.717) is 6.54 Å². The van der Waals surface area contributed by atoms with Crippen molar-refractivity contribution in [1.29, 1.82) is 0 Å². The molecule has 1 aromatic heterocycles. The highest BCUT2D eigenvalue weighted by Gasteiger charge is 2.24. The zero-order valence-corrected chi connectivity index (χ0v) is 13.4. The van der Waals surface area contributed by atoms with Crippen molar-refractivity contribution in [3.05, 3.63) is 17.6 Å². The zero-order chi connectivity index (χ0) is 15.0. The molecule has 0 atom stereocenters. The van der Waals surface area contributed by atoms with Crippen LogP contribution in [0.25, 0.3) is 10.2 Å². The van der Waals surface area contributed by atoms with E-state index in [2.05, 4.69) is 26.9 Å². The predicted octanol–water partition coefficient (Wildman–Crippen LogP) is 1.77. The van der Waals surface area contributed by atoms with Gasteiger partial charge in [-0.15, -0.1) is 11.3 Å². The summed E-state index contributed by atoms with van der Waals surface area (Å²) in [6, 6.07) is 4.20. The van der Waals surface area contributed by atoms with Crippen LogP contribution in [0.15, 0.2) is 17.6 Å². The minimum absolute atomic E-state index is 0.638. The van der Waals surface area contributed by atoms with Gasteiger partial charge in [-0.1, -0.05) is 0 Å². The van der Waals surface area contributed by atoms with Crippen LogP contribution in [0, 0.1) is 0 Å². The number of anilines is 2. The molecule has 3 rings (SSSR count). The molecule has 1 saturated heterocycles. The highest BCUT2D eigenvalue weighted by Crippen LogP contribution is 2.33. The highest BCUT2D eigenvalue weighted by molar-refractivity contribution is 7.16. The smallest absolute Gasteiger partial charge is 0.106 e. The molecule has 0 bridgehead atoms. The molecule has 1 aliphatic heterocycles. The number of hydrogen-bond acceptors (Lipinski definition) is 6. The summed E-state index contributed by atoms with van der Waals surface area (Å²) < 4.78 is 1.14. The summed E-state index contributed by atoms with van der Waals surface area (Å²) in [5.74, 6) is 0. The van der Waals surface area contributed by atoms with Gasteiger partial charge in [0, 0.05) is 32.7 Å². The zero-order valence-electron chi connectivity index (χ0n) is 12.5. The second kappa shape index (κ2) is 5.44. The van der Waals surface area contributed by atoms with Crippen molar-refractivity contribution in [3.63, 3.8) is 0 Å². The quantitative estimate of drug-likeness (QED) is 0.846. The summed E-state index contributed by atoms with van der Waals surface area (Å²) in [5.41, 5.74) is 10.3. The van der Waals surface area contributed by atoms with Crippen molar-refractivity contribution >= 4 is 32.9 Å². The third-order valence-electron chi connectivity index (χ3n) is 3.84. The van der Waals surface area contributed by atoms with Crippen molar-refractivity contribution in [2.75, 3.05) is 43.4 Å². The Morgan fingerprint density at radius 1 is 1.29 bits per heavy atom. The van der Waals surface area contributed by atoms with Gasteiger partial charge >= 0.3 is 0 Å². The normalized spacial score (nSPS) is 17.6. The van der Waals surface area contributed by atoms with Crippen LogP contribution in [-0.4, -0.2) is 53.3 Å². The first kappa shape index (κ1) is 14.6. The van der Waals surface area contributed by atoms with E-state index in [1.165, 1.54) is 0 Å². The Labute approximate surface area is 129 Å². The first-order valence-electron chi connectivity index (χ1n) is 7.25. The van der Waals surface area contributed by atoms with Gasteiger partial charge in [0.1, 0.15) is 5.52 Å². The van der Waals surface area contributed by atoms with Gasteiger partial charge in [0.05, 0.1) is 27.2 Å². The lowest BCUT2D eigenvalue weighted by atomic mass is 10.1. The fourth-order valence-electron chi connectivity index (χ4n) is 2.91. The van der Waals surface area contributed by atoms with Crippen LogP contribution >= 0.6 is 11.3 Å². The fraction of sp³-hybridized carbons (Fsp3) is 0.533. The Kier molecular flexibility index (Phi) is 3.77. The fourth-order valence-corrected chi connectivity index (χ4v) is 3.60. The van der Waals surface area contributed by atoms with Crippen LogP contribution in [0.5, 0.6) is 0 Å². The molecule has 1 fully saturated rings. The van der Waals surface area contributed by atoms with Gasteiger partial charge in [-0.2, -0.15) is 0 Å². The van der Waals surface area contributed by atoms with Crippen LogP contribution in [0.1, 0.15) is 13.8 Å². The Balaban J connectivity index is 1.72. The molecule has 2 aromatic rings. The van der Waals surface area contributed by atoms with Gasteiger partial charge < -0.3 is 15.7 Å². The van der Waals surface area contributed by atoms with E-state index < -0.39 is 5.60 Å². The molecule has 0 amide bonds. The van der Waals surface area contributed by atoms with E-state index in [1.807, 2.05) is 19.4 Å². The third-order valence-corrected chi connectivity index (χ3v) is 4.64. The maximum Gasteiger partial charge on any atom is 0.106 e. The summed E-state index contributed by atoms with van der Waals surface area (Å²) in [4.78, 5) is 8.97. The van der Waals surface area contributed by atoms with Crippen LogP contribution in [0.3, 0.4) is 0 Å². The molecule has 114 valence electrons. The van der Waals surface area contributed by atoms with E-state index in [1.54, 1.807) is 11.3 Å². The summed E-state index contributed by atoms with van der Waals surface area (Å²) in [6.45, 7) is 8.16. The number of benzene rings is 1. The molecule has 1 aliphatic rings. The number of piperazine rings is 1. The molecule has 6 heteroatoms. The molecule has 0 spiro atoms. The second-order valence-corrected chi connectivity index (χ2v) is 7.16. The van der Waals surface area contributed by atoms with Crippen molar-refractivity contribution in [1.82, 2.24) is 9.88 Å². The third kappa shape index (κ3) is 3.12. The minimum Gasteiger partial charge on any atom is -0.395 e. The van der Waals surface area contributed by atoms with Gasteiger partial charge in [0.2, 0.25) is 0 Å². The number of hydrogen-bond donors (Lipinski definition) is 2. The van der Waals surface area contributed by atoms with Crippen molar-refractivity contribution in [2.45, 2.75) is 19.4 Å². The monoisotopic (exact) mass is 306 g/mol. The molecule has 0 unspecified atom stereocenters. The van der Waals surface area contributed by atoms with Crippen molar-refractivity contribution < 1.29 is 5.11 Å². The van der Waals surface area contributed by atoms with Crippen LogP contribution in [0.2, 0.25) is 0 Å². The Morgan fingerprint density at radius 3 is 2.67 bits per heavy atom. The van der Waals surface area contributed by atoms with Crippen molar-refractivity contribution in [3.8, 4) is 0 Å². The lowest BCUT2D eigenvalue weighted by Crippen LogP contribution is -2.50. The van der Waals surface area contributed by atoms with Crippen molar-refractivity contribution in [2.24, 2.45) is 0 Å². The molecule has 0 saturated carbocycles. The molecular weight excluding hydrogens is 284 g/mol. The average molecular weight is 306 g/mol. The van der Waals surface area contributed by atoms with Gasteiger partial charge in [-0.3, -0.25) is 4.90 Å². The minimum atomic E-state index is -0.638. The Morgan fingerprint density at radius 2 is 2.00 bits per heavy atom. The van der Waals surface area contributed by atoms with Gasteiger partial charge in [-0.05, 0) is 26.0 Å². The summed E-state index contributed by atoms with van der Waals surface area (Å²) in [5, 5.41) is 9.91. The number of fused-ring (bicyclic) bond motifs is 1. The van der Waals surface area contributed by atoms with E-state index in [9.17, 15) is 5.11 Å². The Hall–Kier alpha value is -1.37. The Bertz CT molecular complexity index is 626. The summed E-state index contributed by atoms with van der Waals surface area (Å²) in [6.07, 6.45) is 0. The lowest BCUT2D eigenvalue weighted by Gasteiger charge is -2.38. The largest absolute Gasteiger partial charge is 0.395 e. The molecule has 21 heavy (non-hydrogen) atoms. The van der Waals surface area contributed by atoms with E-state index in [4.69, 9.17) is 5.73 Å². The van der Waals surface area contributed by atoms with Gasteiger partial charge in [0.15, 0.2) is 0 Å². The SMILES string of the molecule is CC(C)(O)CN1CCN(c2ccc3scnc3c2N)CC1. The topological polar surface area (TPSA) is 65.6 Å². The number of rotatable bonds is 3. The summed E-state index contributed by atoms with van der Waals surface area (Å²) >= 11 is 1.62. The number of nitrogen functional groups attached to an aromatic ring is 1. The van der Waals surface area contributed by atoms with Crippen LogP contribution in [-0.2, 0) is 0 Å². The maximum absolute atomic E-state index is 9.91. The molecular formula is C15H22N4OS. The molecule has 3 N–H and O–H groups in total. The van der Waals surface area contributed by atoms with Crippen LogP contribution < -0.4 is 10.6 Å². The predicted molar refractivity (Wildman–Crippen MR) is 89.0 cm³/mol. The molecule has 1 aromatic carbocycles. The first-order valence-corrected chi connectivity index (χ1v) is 8.13. The number of nitrogens with two attached hydrogens (primary N) is 1. The number of aromatic nitrogens is 1. The molecule has 5 nitrogen and oxygen atoms in total. The van der Waals surface area contributed by atoms with Crippen LogP contribution in [0.4, 0.5) is 11.4 Å². The maximum atomic E-state index is 9.91. The van der Waals surface area contributed by atoms with E-state index in [-0.39, 0.29) is 0 Å². The van der Waals surface area contributed by atoms with E-state index >= 15 is 0 Å². The standard InChI is InChI=1S/C15H22N4OS/c1-15(2,20)9-18-5-7-19(8-6-18)11-3-4-12-14(13(11)16)17-10-21-12/h3-4,10,20H,5-9,16H2,1-2H3. The summed E-state index contributed by atoms with van der Waals surface area (Å²) in [7, 11) is 0. The molecule has 0 aliphatic carbocycles. The first-order chi connectivity index (χ1) is 9.94. The highest BCUT2D eigenvalue weighted by atomic mass is 32.1. The van der Waals surface area contributed by atoms with Gasteiger partial charge in [-0.25, -0.2) is 4.98 Å². The average Bonchev–Trinajstić information content (AvgIpc) is 2.88. The molecule has 0 radical (unpaired) electrons. The molecule has 2 heterocycles.